The van der Waals surface area contributed by atoms with Gasteiger partial charge in [-0.05, 0) is 31.0 Å². The van der Waals surface area contributed by atoms with E-state index in [0.29, 0.717) is 23.4 Å². The molecule has 2 aromatic heterocycles. The monoisotopic (exact) mass is 296 g/mol. The Balaban J connectivity index is 2.56. The topological polar surface area (TPSA) is 64.7 Å². The molecule has 0 amide bonds. The number of aryl methyl sites for hydroxylation is 2. The van der Waals surface area contributed by atoms with Crippen molar-refractivity contribution in [1.29, 1.82) is 0 Å². The number of halogens is 3. The quantitative estimate of drug-likeness (QED) is 0.946. The summed E-state index contributed by atoms with van der Waals surface area (Å²) in [5.41, 5.74) is 6.95. The van der Waals surface area contributed by atoms with Crippen molar-refractivity contribution in [1.82, 2.24) is 15.2 Å². The summed E-state index contributed by atoms with van der Waals surface area (Å²) >= 11 is 0. The lowest BCUT2D eigenvalue weighted by Crippen LogP contribution is -2.21. The second-order valence-corrected chi connectivity index (χ2v) is 4.68. The number of pyridine rings is 1. The molecule has 21 heavy (non-hydrogen) atoms. The second kappa shape index (κ2) is 5.77. The third kappa shape index (κ3) is 3.18. The molecule has 0 aliphatic rings. The van der Waals surface area contributed by atoms with Gasteiger partial charge >= 0.3 is 6.18 Å². The Morgan fingerprint density at radius 3 is 2.57 bits per heavy atom. The third-order valence-electron chi connectivity index (χ3n) is 3.19. The molecule has 2 N–H and O–H groups in total. The van der Waals surface area contributed by atoms with Crippen molar-refractivity contribution in [2.75, 3.05) is 0 Å². The lowest BCUT2D eigenvalue weighted by molar-refractivity contribution is -0.138. The molecule has 0 saturated heterocycles. The van der Waals surface area contributed by atoms with Crippen molar-refractivity contribution in [2.45, 2.75) is 32.5 Å². The minimum atomic E-state index is -4.47. The highest BCUT2D eigenvalue weighted by atomic mass is 19.4. The van der Waals surface area contributed by atoms with Gasteiger partial charge in [-0.1, -0.05) is 6.92 Å². The molecular formula is C14H15F3N4. The van der Waals surface area contributed by atoms with Crippen LogP contribution in [0.2, 0.25) is 0 Å². The Hall–Kier alpha value is -2.02. The molecule has 4 nitrogen and oxygen atoms in total. The van der Waals surface area contributed by atoms with E-state index in [9.17, 15) is 13.2 Å². The maximum atomic E-state index is 13.1. The van der Waals surface area contributed by atoms with Gasteiger partial charge in [-0.25, -0.2) is 0 Å². The number of hydrogen-bond acceptors (Lipinski definition) is 4. The van der Waals surface area contributed by atoms with Crippen molar-refractivity contribution < 1.29 is 13.2 Å². The number of nitrogens with two attached hydrogens (primary N) is 1. The zero-order chi connectivity index (χ0) is 15.6. The maximum Gasteiger partial charge on any atom is 0.416 e. The van der Waals surface area contributed by atoms with E-state index < -0.39 is 17.8 Å². The van der Waals surface area contributed by atoms with E-state index in [0.717, 1.165) is 18.5 Å². The summed E-state index contributed by atoms with van der Waals surface area (Å²) in [4.78, 5) is 3.77. The summed E-state index contributed by atoms with van der Waals surface area (Å²) < 4.78 is 39.2. The van der Waals surface area contributed by atoms with E-state index in [4.69, 9.17) is 5.73 Å². The molecule has 0 spiro atoms. The van der Waals surface area contributed by atoms with Crippen molar-refractivity contribution in [2.24, 2.45) is 5.73 Å². The number of nitrogens with zero attached hydrogens (tertiary/aromatic N) is 3. The smallest absolute Gasteiger partial charge is 0.320 e. The molecule has 1 unspecified atom stereocenters. The zero-order valence-corrected chi connectivity index (χ0v) is 11.6. The largest absolute Gasteiger partial charge is 0.416 e. The van der Waals surface area contributed by atoms with Crippen molar-refractivity contribution in [3.8, 4) is 0 Å². The highest BCUT2D eigenvalue weighted by molar-refractivity contribution is 5.38. The van der Waals surface area contributed by atoms with Crippen molar-refractivity contribution in [3.05, 3.63) is 52.6 Å². The van der Waals surface area contributed by atoms with Gasteiger partial charge < -0.3 is 5.73 Å². The molecule has 0 aliphatic heterocycles. The van der Waals surface area contributed by atoms with Crippen LogP contribution in [0.15, 0.2) is 24.5 Å². The first kappa shape index (κ1) is 15.4. The summed E-state index contributed by atoms with van der Waals surface area (Å²) in [7, 11) is 0. The van der Waals surface area contributed by atoms with Gasteiger partial charge in [0.05, 0.1) is 23.0 Å². The average molecular weight is 296 g/mol. The molecule has 2 rings (SSSR count). The first-order valence-electron chi connectivity index (χ1n) is 6.44. The van der Waals surface area contributed by atoms with Gasteiger partial charge in [-0.2, -0.15) is 23.4 Å². The molecule has 0 fully saturated rings. The zero-order valence-electron chi connectivity index (χ0n) is 11.6. The summed E-state index contributed by atoms with van der Waals surface area (Å²) in [6.07, 6.45) is -1.67. The highest BCUT2D eigenvalue weighted by Crippen LogP contribution is 2.35. The fourth-order valence-electron chi connectivity index (χ4n) is 2.16. The Bertz CT molecular complexity index is 640. The van der Waals surface area contributed by atoms with Gasteiger partial charge in [0.25, 0.3) is 0 Å². The maximum absolute atomic E-state index is 13.1. The normalized spacial score (nSPS) is 13.2. The van der Waals surface area contributed by atoms with Crippen LogP contribution in [0.5, 0.6) is 0 Å². The van der Waals surface area contributed by atoms with Crippen LogP contribution in [0.1, 0.15) is 41.0 Å². The molecule has 2 aromatic rings. The van der Waals surface area contributed by atoms with Crippen molar-refractivity contribution >= 4 is 0 Å². The van der Waals surface area contributed by atoms with E-state index in [1.165, 1.54) is 0 Å². The fraction of sp³-hybridized carbons (Fsp3) is 0.357. The van der Waals surface area contributed by atoms with Crippen molar-refractivity contribution in [3.63, 3.8) is 0 Å². The lowest BCUT2D eigenvalue weighted by Gasteiger charge is -2.19. The number of rotatable bonds is 3. The summed E-state index contributed by atoms with van der Waals surface area (Å²) in [6, 6.07) is 1.66. The van der Waals surface area contributed by atoms with Crippen LogP contribution in [-0.2, 0) is 12.6 Å². The Morgan fingerprint density at radius 1 is 1.24 bits per heavy atom. The van der Waals surface area contributed by atoms with Crippen LogP contribution in [-0.4, -0.2) is 15.2 Å². The minimum Gasteiger partial charge on any atom is -0.320 e. The van der Waals surface area contributed by atoms with Crippen LogP contribution in [0.4, 0.5) is 13.2 Å². The number of hydrogen-bond donors (Lipinski definition) is 1. The molecule has 0 radical (unpaired) electrons. The van der Waals surface area contributed by atoms with Crippen LogP contribution in [0.25, 0.3) is 0 Å². The van der Waals surface area contributed by atoms with Gasteiger partial charge in [-0.3, -0.25) is 4.98 Å². The minimum absolute atomic E-state index is 0.0629. The fourth-order valence-corrected chi connectivity index (χ4v) is 2.16. The van der Waals surface area contributed by atoms with E-state index >= 15 is 0 Å². The predicted molar refractivity (Wildman–Crippen MR) is 71.4 cm³/mol. The summed E-state index contributed by atoms with van der Waals surface area (Å²) in [5, 5.41) is 7.92. The molecule has 112 valence electrons. The van der Waals surface area contributed by atoms with E-state index in [1.54, 1.807) is 13.0 Å². The Kier molecular flexibility index (Phi) is 4.22. The summed E-state index contributed by atoms with van der Waals surface area (Å²) in [6.45, 7) is 3.57. The summed E-state index contributed by atoms with van der Waals surface area (Å²) in [5.74, 6) is 0. The predicted octanol–water partition coefficient (Wildman–Crippen LogP) is 2.81. The Labute approximate surface area is 120 Å². The van der Waals surface area contributed by atoms with Gasteiger partial charge in [-0.15, -0.1) is 0 Å². The molecular weight excluding hydrogens is 281 g/mol. The first-order chi connectivity index (χ1) is 9.84. The van der Waals surface area contributed by atoms with Crippen LogP contribution in [0, 0.1) is 6.92 Å². The van der Waals surface area contributed by atoms with Gasteiger partial charge in [0, 0.05) is 18.0 Å². The highest BCUT2D eigenvalue weighted by Gasteiger charge is 2.35. The first-order valence-corrected chi connectivity index (χ1v) is 6.44. The molecule has 0 saturated carbocycles. The van der Waals surface area contributed by atoms with Gasteiger partial charge in [0.15, 0.2) is 0 Å². The molecule has 2 heterocycles. The molecule has 0 aromatic carbocycles. The Morgan fingerprint density at radius 2 is 1.95 bits per heavy atom. The standard InChI is InChI=1S/C14H15F3N4/c1-3-12-9(6-8(2)20-21-12)13(18)10-7-19-5-4-11(10)14(15,16)17/h4-7,13H,3,18H2,1-2H3. The van der Waals surface area contributed by atoms with E-state index in [-0.39, 0.29) is 5.56 Å². The van der Waals surface area contributed by atoms with Crippen LogP contribution in [0.3, 0.4) is 0 Å². The van der Waals surface area contributed by atoms with Crippen LogP contribution >= 0.6 is 0 Å². The number of aromatic nitrogens is 3. The third-order valence-corrected chi connectivity index (χ3v) is 3.19. The molecule has 0 bridgehead atoms. The molecule has 1 atom stereocenters. The average Bonchev–Trinajstić information content (AvgIpc) is 2.45. The van der Waals surface area contributed by atoms with Gasteiger partial charge in [0.2, 0.25) is 0 Å². The van der Waals surface area contributed by atoms with E-state index in [2.05, 4.69) is 15.2 Å². The van der Waals surface area contributed by atoms with E-state index in [1.807, 2.05) is 6.92 Å². The molecule has 0 aliphatic carbocycles. The molecule has 7 heteroatoms. The second-order valence-electron chi connectivity index (χ2n) is 4.68. The van der Waals surface area contributed by atoms with Gasteiger partial charge in [0.1, 0.15) is 0 Å². The number of alkyl halides is 3. The van der Waals surface area contributed by atoms with Crippen LogP contribution < -0.4 is 5.73 Å². The lowest BCUT2D eigenvalue weighted by atomic mass is 9.94. The SMILES string of the molecule is CCc1nnc(C)cc1C(N)c1cnccc1C(F)(F)F.